The fourth-order valence-electron chi connectivity index (χ4n) is 3.38. The molecule has 0 aliphatic heterocycles. The predicted octanol–water partition coefficient (Wildman–Crippen LogP) is 5.04. The molecule has 4 rings (SSSR count). The van der Waals surface area contributed by atoms with Crippen LogP contribution in [0.2, 0.25) is 0 Å². The number of thiophene rings is 1. The van der Waals surface area contributed by atoms with Crippen molar-refractivity contribution in [3.63, 3.8) is 0 Å². The molecule has 5 heteroatoms. The molecule has 1 fully saturated rings. The lowest BCUT2D eigenvalue weighted by atomic mass is 10.0. The van der Waals surface area contributed by atoms with Crippen molar-refractivity contribution in [1.29, 1.82) is 0 Å². The number of aryl methyl sites for hydroxylation is 1. The van der Waals surface area contributed by atoms with Gasteiger partial charge in [-0.2, -0.15) is 5.10 Å². The van der Waals surface area contributed by atoms with Gasteiger partial charge in [0.2, 0.25) is 0 Å². The fourth-order valence-corrected chi connectivity index (χ4v) is 4.51. The number of carbonyl (C=O) groups excluding carboxylic acids is 1. The van der Waals surface area contributed by atoms with Gasteiger partial charge in [-0.1, -0.05) is 32.0 Å². The molecule has 1 aliphatic carbocycles. The molecular weight excluding hydrogens is 342 g/mol. The van der Waals surface area contributed by atoms with Crippen molar-refractivity contribution in [3.05, 3.63) is 47.0 Å². The first-order chi connectivity index (χ1) is 12.5. The molecule has 0 N–H and O–H groups in total. The van der Waals surface area contributed by atoms with E-state index < -0.39 is 0 Å². The highest BCUT2D eigenvalue weighted by Crippen LogP contribution is 2.36. The van der Waals surface area contributed by atoms with Crippen LogP contribution in [0.25, 0.3) is 15.9 Å². The first-order valence-corrected chi connectivity index (χ1v) is 10.2. The number of amides is 1. The van der Waals surface area contributed by atoms with Crippen molar-refractivity contribution in [2.75, 3.05) is 0 Å². The summed E-state index contributed by atoms with van der Waals surface area (Å²) in [6.07, 6.45) is 2.26. The smallest absolute Gasteiger partial charge is 0.264 e. The average molecular weight is 368 g/mol. The van der Waals surface area contributed by atoms with Gasteiger partial charge in [0.25, 0.3) is 5.91 Å². The van der Waals surface area contributed by atoms with Crippen LogP contribution in [0, 0.1) is 12.8 Å². The second kappa shape index (κ2) is 6.54. The predicted molar refractivity (Wildman–Crippen MR) is 107 cm³/mol. The number of hydrogen-bond acceptors (Lipinski definition) is 3. The highest BCUT2D eigenvalue weighted by Gasteiger charge is 2.37. The van der Waals surface area contributed by atoms with Gasteiger partial charge in [-0.25, -0.2) is 4.68 Å². The number of benzene rings is 1. The number of carbonyl (C=O) groups is 1. The van der Waals surface area contributed by atoms with E-state index in [1.807, 2.05) is 48.0 Å². The summed E-state index contributed by atoms with van der Waals surface area (Å²) in [5, 5.41) is 5.76. The zero-order valence-corrected chi connectivity index (χ0v) is 16.6. The highest BCUT2D eigenvalue weighted by atomic mass is 32.1. The van der Waals surface area contributed by atoms with E-state index in [0.29, 0.717) is 12.0 Å². The van der Waals surface area contributed by atoms with Crippen LogP contribution in [0.3, 0.4) is 0 Å². The molecule has 0 bridgehead atoms. The van der Waals surface area contributed by atoms with Crippen LogP contribution in [0.4, 0.5) is 0 Å². The molecule has 2 aromatic heterocycles. The maximum atomic E-state index is 13.3. The molecule has 0 radical (unpaired) electrons. The number of aromatic nitrogens is 2. The Balaban J connectivity index is 1.74. The summed E-state index contributed by atoms with van der Waals surface area (Å²) in [4.78, 5) is 17.3. The first kappa shape index (κ1) is 17.3. The van der Waals surface area contributed by atoms with E-state index >= 15 is 0 Å². The Morgan fingerprint density at radius 3 is 2.54 bits per heavy atom. The van der Waals surface area contributed by atoms with Crippen LogP contribution in [0.1, 0.15) is 49.0 Å². The average Bonchev–Trinajstić information content (AvgIpc) is 3.28. The van der Waals surface area contributed by atoms with Crippen molar-refractivity contribution >= 4 is 27.5 Å². The largest absolute Gasteiger partial charge is 0.332 e. The van der Waals surface area contributed by atoms with Gasteiger partial charge in [-0.05, 0) is 50.8 Å². The molecule has 26 heavy (non-hydrogen) atoms. The van der Waals surface area contributed by atoms with E-state index in [4.69, 9.17) is 0 Å². The van der Waals surface area contributed by atoms with Crippen LogP contribution < -0.4 is 0 Å². The van der Waals surface area contributed by atoms with Gasteiger partial charge in [-0.3, -0.25) is 4.79 Å². The number of nitrogens with zero attached hydrogens (tertiary/aromatic N) is 3. The summed E-state index contributed by atoms with van der Waals surface area (Å²) >= 11 is 1.56. The van der Waals surface area contributed by atoms with Gasteiger partial charge in [0.1, 0.15) is 4.83 Å². The quantitative estimate of drug-likeness (QED) is 0.633. The molecule has 1 aliphatic rings. The minimum absolute atomic E-state index is 0.175. The summed E-state index contributed by atoms with van der Waals surface area (Å²) in [5.74, 6) is 0.629. The molecule has 1 atom stereocenters. The molecule has 4 nitrogen and oxygen atoms in total. The van der Waals surface area contributed by atoms with E-state index in [1.165, 1.54) is 0 Å². The maximum absolute atomic E-state index is 13.3. The third-order valence-electron chi connectivity index (χ3n) is 5.33. The van der Waals surface area contributed by atoms with Crippen molar-refractivity contribution < 1.29 is 4.79 Å². The molecule has 0 saturated heterocycles. The fraction of sp³-hybridized carbons (Fsp3) is 0.429. The third kappa shape index (κ3) is 2.94. The highest BCUT2D eigenvalue weighted by molar-refractivity contribution is 7.20. The lowest BCUT2D eigenvalue weighted by Crippen LogP contribution is -2.42. The molecule has 2 heterocycles. The van der Waals surface area contributed by atoms with E-state index in [1.54, 1.807) is 11.3 Å². The summed E-state index contributed by atoms with van der Waals surface area (Å²) in [6.45, 7) is 8.56. The van der Waals surface area contributed by atoms with E-state index in [-0.39, 0.29) is 11.9 Å². The SMILES string of the molecule is Cc1nn(-c2ccccc2)c2sc(C(=O)N(C3CC3)C(C)C(C)C)cc12. The van der Waals surface area contributed by atoms with Crippen molar-refractivity contribution in [3.8, 4) is 5.69 Å². The van der Waals surface area contributed by atoms with Gasteiger partial charge in [0, 0.05) is 17.5 Å². The monoisotopic (exact) mass is 367 g/mol. The summed E-state index contributed by atoms with van der Waals surface area (Å²) in [6, 6.07) is 12.8. The number of fused-ring (bicyclic) bond motifs is 1. The zero-order chi connectivity index (χ0) is 18.4. The third-order valence-corrected chi connectivity index (χ3v) is 6.43. The molecular formula is C21H25N3OS. The van der Waals surface area contributed by atoms with Crippen LogP contribution >= 0.6 is 11.3 Å². The topological polar surface area (TPSA) is 38.1 Å². The standard InChI is InChI=1S/C21H25N3OS/c1-13(2)15(4)23(16-10-11-16)20(25)19-12-18-14(3)22-24(21(18)26-19)17-8-6-5-7-9-17/h5-9,12-13,15-16H,10-11H2,1-4H3. The second-order valence-corrected chi connectivity index (χ2v) is 8.62. The Morgan fingerprint density at radius 1 is 1.23 bits per heavy atom. The van der Waals surface area contributed by atoms with Crippen molar-refractivity contribution in [1.82, 2.24) is 14.7 Å². The second-order valence-electron chi connectivity index (χ2n) is 7.59. The number of para-hydroxylation sites is 1. The summed E-state index contributed by atoms with van der Waals surface area (Å²) < 4.78 is 1.96. The summed E-state index contributed by atoms with van der Waals surface area (Å²) in [7, 11) is 0. The molecule has 1 aromatic carbocycles. The van der Waals surface area contributed by atoms with Crippen LogP contribution in [-0.4, -0.2) is 32.7 Å². The molecule has 1 unspecified atom stereocenters. The Morgan fingerprint density at radius 2 is 1.92 bits per heavy atom. The Kier molecular flexibility index (Phi) is 4.35. The van der Waals surface area contributed by atoms with Crippen LogP contribution in [0.5, 0.6) is 0 Å². The Bertz CT molecular complexity index is 937. The van der Waals surface area contributed by atoms with Gasteiger partial charge in [-0.15, -0.1) is 11.3 Å². The minimum atomic E-state index is 0.175. The van der Waals surface area contributed by atoms with Gasteiger partial charge >= 0.3 is 0 Å². The molecule has 0 spiro atoms. The normalized spacial score (nSPS) is 15.6. The van der Waals surface area contributed by atoms with E-state index in [0.717, 1.165) is 39.3 Å². The lowest BCUT2D eigenvalue weighted by molar-refractivity contribution is 0.0633. The summed E-state index contributed by atoms with van der Waals surface area (Å²) in [5.41, 5.74) is 2.00. The van der Waals surface area contributed by atoms with Crippen LogP contribution in [0.15, 0.2) is 36.4 Å². The van der Waals surface area contributed by atoms with Crippen molar-refractivity contribution in [2.24, 2.45) is 5.92 Å². The molecule has 136 valence electrons. The number of rotatable bonds is 5. The zero-order valence-electron chi connectivity index (χ0n) is 15.8. The maximum Gasteiger partial charge on any atom is 0.264 e. The Labute approximate surface area is 158 Å². The first-order valence-electron chi connectivity index (χ1n) is 9.34. The minimum Gasteiger partial charge on any atom is -0.332 e. The van der Waals surface area contributed by atoms with E-state index in [2.05, 4.69) is 30.8 Å². The van der Waals surface area contributed by atoms with Crippen molar-refractivity contribution in [2.45, 2.75) is 52.6 Å². The molecule has 3 aromatic rings. The molecule has 1 amide bonds. The lowest BCUT2D eigenvalue weighted by Gasteiger charge is -2.31. The number of hydrogen-bond donors (Lipinski definition) is 0. The van der Waals surface area contributed by atoms with E-state index in [9.17, 15) is 4.79 Å². The Hall–Kier alpha value is -2.14. The van der Waals surface area contributed by atoms with Gasteiger partial charge in [0.15, 0.2) is 0 Å². The van der Waals surface area contributed by atoms with Gasteiger partial charge in [0.05, 0.1) is 16.3 Å². The molecule has 1 saturated carbocycles. The van der Waals surface area contributed by atoms with Gasteiger partial charge < -0.3 is 4.90 Å². The van der Waals surface area contributed by atoms with Crippen LogP contribution in [-0.2, 0) is 0 Å².